The van der Waals surface area contributed by atoms with Gasteiger partial charge in [0, 0.05) is 0 Å². The second-order valence-electron chi connectivity index (χ2n) is 4.99. The number of benzene rings is 1. The molecule has 4 heteroatoms. The molecule has 108 valence electrons. The van der Waals surface area contributed by atoms with Gasteiger partial charge in [-0.25, -0.2) is 0 Å². The molecule has 0 saturated carbocycles. The lowest BCUT2D eigenvalue weighted by Crippen LogP contribution is -2.32. The molecule has 0 spiro atoms. The van der Waals surface area contributed by atoms with Crippen molar-refractivity contribution in [3.63, 3.8) is 0 Å². The first-order valence-corrected chi connectivity index (χ1v) is 6.62. The number of nitrogens with two attached hydrogens (primary N) is 1. The largest absolute Gasteiger partial charge is 0.496 e. The number of hydrogen-bond donors (Lipinski definition) is 2. The fourth-order valence-corrected chi connectivity index (χ4v) is 2.16. The molecule has 0 aliphatic carbocycles. The lowest BCUT2D eigenvalue weighted by Gasteiger charge is -2.27. The van der Waals surface area contributed by atoms with Crippen LogP contribution in [0.2, 0.25) is 0 Å². The molecule has 0 amide bonds. The molecule has 19 heavy (non-hydrogen) atoms. The Balaban J connectivity index is 3.23. The predicted molar refractivity (Wildman–Crippen MR) is 76.7 cm³/mol. The van der Waals surface area contributed by atoms with Gasteiger partial charge >= 0.3 is 0 Å². The molecule has 3 N–H and O–H groups in total. The van der Waals surface area contributed by atoms with E-state index < -0.39 is 12.1 Å². The number of rotatable bonds is 6. The van der Waals surface area contributed by atoms with Gasteiger partial charge in [-0.15, -0.1) is 0 Å². The monoisotopic (exact) mass is 267 g/mol. The second kappa shape index (κ2) is 6.78. The molecule has 0 radical (unpaired) electrons. The van der Waals surface area contributed by atoms with Gasteiger partial charge in [-0.05, 0) is 30.5 Å². The lowest BCUT2D eigenvalue weighted by atomic mass is 9.90. The van der Waals surface area contributed by atoms with E-state index >= 15 is 0 Å². The van der Waals surface area contributed by atoms with Gasteiger partial charge in [0.1, 0.15) is 11.5 Å². The van der Waals surface area contributed by atoms with E-state index in [1.54, 1.807) is 14.2 Å². The van der Waals surface area contributed by atoms with Gasteiger partial charge in [0.2, 0.25) is 0 Å². The molecule has 1 rings (SSSR count). The van der Waals surface area contributed by atoms with E-state index in [0.717, 1.165) is 17.5 Å². The van der Waals surface area contributed by atoms with Gasteiger partial charge in [0.15, 0.2) is 0 Å². The maximum atomic E-state index is 10.3. The van der Waals surface area contributed by atoms with E-state index in [9.17, 15) is 5.11 Å². The fourth-order valence-electron chi connectivity index (χ4n) is 2.16. The summed E-state index contributed by atoms with van der Waals surface area (Å²) in [6, 6.07) is 3.28. The number of aliphatic hydroxyl groups is 1. The standard InChI is InChI=1S/C15H25NO3/c1-6-10(3)15(17)14(16)13-11(18-4)7-9(2)8-12(13)19-5/h7-8,10,14-15,17H,6,16H2,1-5H3/t10?,14-,15+/m0/s1. The van der Waals surface area contributed by atoms with Crippen molar-refractivity contribution in [1.82, 2.24) is 0 Å². The number of ether oxygens (including phenoxy) is 2. The maximum absolute atomic E-state index is 10.3. The van der Waals surface area contributed by atoms with E-state index in [0.29, 0.717) is 11.5 Å². The summed E-state index contributed by atoms with van der Waals surface area (Å²) in [5.74, 6) is 1.43. The Morgan fingerprint density at radius 1 is 1.21 bits per heavy atom. The van der Waals surface area contributed by atoms with Gasteiger partial charge in [0.05, 0.1) is 31.9 Å². The molecular formula is C15H25NO3. The van der Waals surface area contributed by atoms with Crippen LogP contribution >= 0.6 is 0 Å². The molecule has 1 aromatic rings. The number of hydrogen-bond acceptors (Lipinski definition) is 4. The minimum atomic E-state index is -0.629. The Bertz CT molecular complexity index is 395. The molecule has 0 bridgehead atoms. The molecule has 0 heterocycles. The highest BCUT2D eigenvalue weighted by atomic mass is 16.5. The molecule has 0 aliphatic heterocycles. The average Bonchev–Trinajstić information content (AvgIpc) is 2.43. The minimum absolute atomic E-state index is 0.116. The van der Waals surface area contributed by atoms with Crippen LogP contribution in [0.4, 0.5) is 0 Å². The highest BCUT2D eigenvalue weighted by molar-refractivity contribution is 5.50. The van der Waals surface area contributed by atoms with E-state index in [1.165, 1.54) is 0 Å². The summed E-state index contributed by atoms with van der Waals surface area (Å²) in [6.07, 6.45) is 0.237. The Morgan fingerprint density at radius 2 is 1.68 bits per heavy atom. The summed E-state index contributed by atoms with van der Waals surface area (Å²) in [5, 5.41) is 10.3. The van der Waals surface area contributed by atoms with E-state index in [4.69, 9.17) is 15.2 Å². The maximum Gasteiger partial charge on any atom is 0.127 e. The summed E-state index contributed by atoms with van der Waals surface area (Å²) < 4.78 is 10.8. The quantitative estimate of drug-likeness (QED) is 0.830. The van der Waals surface area contributed by atoms with Crippen molar-refractivity contribution in [3.8, 4) is 11.5 Å². The van der Waals surface area contributed by atoms with Crippen molar-refractivity contribution in [2.24, 2.45) is 11.7 Å². The van der Waals surface area contributed by atoms with Crippen LogP contribution in [-0.4, -0.2) is 25.4 Å². The van der Waals surface area contributed by atoms with Crippen LogP contribution in [0.25, 0.3) is 0 Å². The fraction of sp³-hybridized carbons (Fsp3) is 0.600. The first-order chi connectivity index (χ1) is 8.96. The second-order valence-corrected chi connectivity index (χ2v) is 4.99. The predicted octanol–water partition coefficient (Wildman–Crippen LogP) is 2.42. The number of aliphatic hydroxyl groups excluding tert-OH is 1. The summed E-state index contributed by atoms with van der Waals surface area (Å²) in [6.45, 7) is 5.98. The van der Waals surface area contributed by atoms with Crippen molar-refractivity contribution in [1.29, 1.82) is 0 Å². The van der Waals surface area contributed by atoms with Crippen LogP contribution in [0.5, 0.6) is 11.5 Å². The van der Waals surface area contributed by atoms with Gasteiger partial charge in [0.25, 0.3) is 0 Å². The zero-order valence-corrected chi connectivity index (χ0v) is 12.4. The van der Waals surface area contributed by atoms with Crippen molar-refractivity contribution in [2.75, 3.05) is 14.2 Å². The first-order valence-electron chi connectivity index (χ1n) is 6.62. The third kappa shape index (κ3) is 3.39. The van der Waals surface area contributed by atoms with Crippen LogP contribution in [0.1, 0.15) is 37.4 Å². The molecule has 1 aromatic carbocycles. The van der Waals surface area contributed by atoms with Crippen LogP contribution in [0.15, 0.2) is 12.1 Å². The van der Waals surface area contributed by atoms with Crippen molar-refractivity contribution in [3.05, 3.63) is 23.3 Å². The summed E-state index contributed by atoms with van der Waals surface area (Å²) >= 11 is 0. The van der Waals surface area contributed by atoms with Gasteiger partial charge in [-0.2, -0.15) is 0 Å². The topological polar surface area (TPSA) is 64.7 Å². The van der Waals surface area contributed by atoms with E-state index in [2.05, 4.69) is 0 Å². The van der Waals surface area contributed by atoms with Crippen LogP contribution in [0.3, 0.4) is 0 Å². The molecule has 0 fully saturated rings. The zero-order valence-electron chi connectivity index (χ0n) is 12.4. The van der Waals surface area contributed by atoms with Crippen LogP contribution < -0.4 is 15.2 Å². The normalized spacial score (nSPS) is 15.7. The average molecular weight is 267 g/mol. The Labute approximate surface area is 115 Å². The Morgan fingerprint density at radius 3 is 2.05 bits per heavy atom. The third-order valence-electron chi connectivity index (χ3n) is 3.62. The third-order valence-corrected chi connectivity index (χ3v) is 3.62. The zero-order chi connectivity index (χ0) is 14.6. The molecular weight excluding hydrogens is 242 g/mol. The number of methoxy groups -OCH3 is 2. The minimum Gasteiger partial charge on any atom is -0.496 e. The summed E-state index contributed by atoms with van der Waals surface area (Å²) in [5.41, 5.74) is 7.96. The van der Waals surface area contributed by atoms with Crippen LogP contribution in [-0.2, 0) is 0 Å². The van der Waals surface area contributed by atoms with Gasteiger partial charge in [-0.3, -0.25) is 0 Å². The summed E-state index contributed by atoms with van der Waals surface area (Å²) in [4.78, 5) is 0. The Hall–Kier alpha value is -1.26. The molecule has 0 aliphatic rings. The summed E-state index contributed by atoms with van der Waals surface area (Å²) in [7, 11) is 3.19. The van der Waals surface area contributed by atoms with E-state index in [1.807, 2.05) is 32.9 Å². The highest BCUT2D eigenvalue weighted by Gasteiger charge is 2.27. The van der Waals surface area contributed by atoms with Crippen molar-refractivity contribution >= 4 is 0 Å². The molecule has 1 unspecified atom stereocenters. The molecule has 3 atom stereocenters. The lowest BCUT2D eigenvalue weighted by molar-refractivity contribution is 0.0861. The van der Waals surface area contributed by atoms with Gasteiger partial charge < -0.3 is 20.3 Å². The SMILES string of the molecule is CCC(C)[C@@H](O)[C@@H](N)c1c(OC)cc(C)cc1OC. The molecule has 4 nitrogen and oxygen atoms in total. The highest BCUT2D eigenvalue weighted by Crippen LogP contribution is 2.37. The van der Waals surface area contributed by atoms with Crippen molar-refractivity contribution < 1.29 is 14.6 Å². The number of aryl methyl sites for hydroxylation is 1. The smallest absolute Gasteiger partial charge is 0.127 e. The van der Waals surface area contributed by atoms with Gasteiger partial charge in [-0.1, -0.05) is 20.3 Å². The van der Waals surface area contributed by atoms with E-state index in [-0.39, 0.29) is 5.92 Å². The molecule has 0 saturated heterocycles. The van der Waals surface area contributed by atoms with Crippen LogP contribution in [0, 0.1) is 12.8 Å². The van der Waals surface area contributed by atoms with Crippen molar-refractivity contribution in [2.45, 2.75) is 39.3 Å². The molecule has 0 aromatic heterocycles. The Kier molecular flexibility index (Phi) is 5.63. The first kappa shape index (κ1) is 15.8.